The van der Waals surface area contributed by atoms with E-state index in [4.69, 9.17) is 4.74 Å². The SMILES string of the molecule is CCNC(c1ccccc1)C(OCC)C(C)(C)C. The van der Waals surface area contributed by atoms with Crippen LogP contribution in [0.15, 0.2) is 30.3 Å². The van der Waals surface area contributed by atoms with E-state index in [1.54, 1.807) is 0 Å². The molecule has 2 nitrogen and oxygen atoms in total. The molecule has 2 unspecified atom stereocenters. The van der Waals surface area contributed by atoms with Gasteiger partial charge in [0.15, 0.2) is 0 Å². The second-order valence-electron chi connectivity index (χ2n) is 5.69. The molecule has 2 heteroatoms. The topological polar surface area (TPSA) is 21.3 Å². The fourth-order valence-electron chi connectivity index (χ4n) is 2.31. The molecule has 0 radical (unpaired) electrons. The molecule has 0 bridgehead atoms. The normalized spacial score (nSPS) is 15.4. The lowest BCUT2D eigenvalue weighted by molar-refractivity contribution is -0.0362. The highest BCUT2D eigenvalue weighted by molar-refractivity contribution is 5.21. The molecule has 0 saturated heterocycles. The number of hydrogen-bond donors (Lipinski definition) is 1. The Hall–Kier alpha value is -0.860. The van der Waals surface area contributed by atoms with Crippen LogP contribution in [0, 0.1) is 5.41 Å². The van der Waals surface area contributed by atoms with Gasteiger partial charge >= 0.3 is 0 Å². The van der Waals surface area contributed by atoms with Crippen molar-refractivity contribution in [2.24, 2.45) is 5.41 Å². The van der Waals surface area contributed by atoms with Crippen molar-refractivity contribution in [1.29, 1.82) is 0 Å². The summed E-state index contributed by atoms with van der Waals surface area (Å²) < 4.78 is 6.01. The molecule has 2 atom stereocenters. The van der Waals surface area contributed by atoms with Crippen LogP contribution in [-0.2, 0) is 4.74 Å². The molecule has 0 aliphatic carbocycles. The van der Waals surface area contributed by atoms with E-state index < -0.39 is 0 Å². The second kappa shape index (κ2) is 6.91. The van der Waals surface area contributed by atoms with E-state index in [0.29, 0.717) is 0 Å². The van der Waals surface area contributed by atoms with Crippen LogP contribution in [0.4, 0.5) is 0 Å². The minimum Gasteiger partial charge on any atom is -0.376 e. The standard InChI is InChI=1S/C16H27NO/c1-6-17-14(13-11-9-8-10-12-13)15(18-7-2)16(3,4)5/h8-12,14-15,17H,6-7H2,1-5H3. The van der Waals surface area contributed by atoms with Crippen molar-refractivity contribution in [1.82, 2.24) is 5.32 Å². The zero-order chi connectivity index (χ0) is 13.6. The Balaban J connectivity index is 3.01. The van der Waals surface area contributed by atoms with Gasteiger partial charge in [-0.25, -0.2) is 0 Å². The van der Waals surface area contributed by atoms with E-state index >= 15 is 0 Å². The van der Waals surface area contributed by atoms with Crippen LogP contribution < -0.4 is 5.32 Å². The predicted molar refractivity (Wildman–Crippen MR) is 77.7 cm³/mol. The number of hydrogen-bond acceptors (Lipinski definition) is 2. The first-order valence-corrected chi connectivity index (χ1v) is 6.90. The van der Waals surface area contributed by atoms with Crippen LogP contribution in [-0.4, -0.2) is 19.3 Å². The second-order valence-corrected chi connectivity index (χ2v) is 5.69. The lowest BCUT2D eigenvalue weighted by atomic mass is 9.82. The van der Waals surface area contributed by atoms with E-state index in [1.807, 2.05) is 0 Å². The van der Waals surface area contributed by atoms with Gasteiger partial charge < -0.3 is 10.1 Å². The Labute approximate surface area is 112 Å². The molecule has 1 rings (SSSR count). The summed E-state index contributed by atoms with van der Waals surface area (Å²) in [5.41, 5.74) is 1.41. The average molecular weight is 249 g/mol. The summed E-state index contributed by atoms with van der Waals surface area (Å²) in [4.78, 5) is 0. The van der Waals surface area contributed by atoms with Gasteiger partial charge in [0.25, 0.3) is 0 Å². The summed E-state index contributed by atoms with van der Waals surface area (Å²) in [5.74, 6) is 0. The number of rotatable bonds is 6. The smallest absolute Gasteiger partial charge is 0.0817 e. The summed E-state index contributed by atoms with van der Waals surface area (Å²) >= 11 is 0. The molecule has 0 aliphatic heterocycles. The lowest BCUT2D eigenvalue weighted by Gasteiger charge is -2.37. The van der Waals surface area contributed by atoms with Gasteiger partial charge in [-0.15, -0.1) is 0 Å². The van der Waals surface area contributed by atoms with E-state index in [-0.39, 0.29) is 17.6 Å². The van der Waals surface area contributed by atoms with Gasteiger partial charge in [0.2, 0.25) is 0 Å². The molecule has 0 heterocycles. The molecular formula is C16H27NO. The first kappa shape index (κ1) is 15.2. The molecule has 0 amide bonds. The molecule has 18 heavy (non-hydrogen) atoms. The van der Waals surface area contributed by atoms with Crippen LogP contribution in [0.2, 0.25) is 0 Å². The highest BCUT2D eigenvalue weighted by Gasteiger charge is 2.33. The van der Waals surface area contributed by atoms with Gasteiger partial charge in [0.05, 0.1) is 12.1 Å². The fraction of sp³-hybridized carbons (Fsp3) is 0.625. The van der Waals surface area contributed by atoms with Crippen molar-refractivity contribution >= 4 is 0 Å². The summed E-state index contributed by atoms with van der Waals surface area (Å²) in [6.07, 6.45) is 0.171. The summed E-state index contributed by atoms with van der Waals surface area (Å²) in [6.45, 7) is 12.6. The molecule has 0 aromatic heterocycles. The minimum absolute atomic E-state index is 0.110. The van der Waals surface area contributed by atoms with E-state index in [2.05, 4.69) is 70.3 Å². The third-order valence-corrected chi connectivity index (χ3v) is 3.09. The van der Waals surface area contributed by atoms with Crippen molar-refractivity contribution < 1.29 is 4.74 Å². The first-order valence-electron chi connectivity index (χ1n) is 6.90. The van der Waals surface area contributed by atoms with Crippen LogP contribution in [0.5, 0.6) is 0 Å². The van der Waals surface area contributed by atoms with Gasteiger partial charge in [-0.2, -0.15) is 0 Å². The Kier molecular flexibility index (Phi) is 5.83. The molecule has 1 aromatic rings. The maximum atomic E-state index is 6.01. The van der Waals surface area contributed by atoms with Crippen molar-refractivity contribution in [3.8, 4) is 0 Å². The maximum Gasteiger partial charge on any atom is 0.0817 e. The summed E-state index contributed by atoms with van der Waals surface area (Å²) in [5, 5.41) is 3.57. The average Bonchev–Trinajstić information content (AvgIpc) is 2.33. The monoisotopic (exact) mass is 249 g/mol. The van der Waals surface area contributed by atoms with Gasteiger partial charge in [0, 0.05) is 6.61 Å². The molecule has 0 saturated carbocycles. The molecule has 0 aliphatic rings. The lowest BCUT2D eigenvalue weighted by Crippen LogP contribution is -2.42. The van der Waals surface area contributed by atoms with Gasteiger partial charge in [0.1, 0.15) is 0 Å². The zero-order valence-electron chi connectivity index (χ0n) is 12.4. The Morgan fingerprint density at radius 3 is 2.17 bits per heavy atom. The number of ether oxygens (including phenoxy) is 1. The van der Waals surface area contributed by atoms with Crippen LogP contribution in [0.3, 0.4) is 0 Å². The quantitative estimate of drug-likeness (QED) is 0.828. The summed E-state index contributed by atoms with van der Waals surface area (Å²) in [6, 6.07) is 10.8. The van der Waals surface area contributed by atoms with Crippen LogP contribution >= 0.6 is 0 Å². The van der Waals surface area contributed by atoms with Gasteiger partial charge in [-0.1, -0.05) is 58.0 Å². The van der Waals surface area contributed by atoms with Crippen molar-refractivity contribution in [3.63, 3.8) is 0 Å². The first-order chi connectivity index (χ1) is 8.50. The van der Waals surface area contributed by atoms with Crippen molar-refractivity contribution in [2.45, 2.75) is 46.8 Å². The van der Waals surface area contributed by atoms with Crippen LogP contribution in [0.1, 0.15) is 46.2 Å². The molecule has 102 valence electrons. The Morgan fingerprint density at radius 2 is 1.72 bits per heavy atom. The molecule has 1 N–H and O–H groups in total. The van der Waals surface area contributed by atoms with Gasteiger partial charge in [-0.3, -0.25) is 0 Å². The van der Waals surface area contributed by atoms with Gasteiger partial charge in [-0.05, 0) is 24.4 Å². The maximum absolute atomic E-state index is 6.01. The largest absolute Gasteiger partial charge is 0.376 e. The van der Waals surface area contributed by atoms with E-state index in [9.17, 15) is 0 Å². The highest BCUT2D eigenvalue weighted by atomic mass is 16.5. The van der Waals surface area contributed by atoms with Crippen LogP contribution in [0.25, 0.3) is 0 Å². The number of likely N-dealkylation sites (N-methyl/N-ethyl adjacent to an activating group) is 1. The van der Waals surface area contributed by atoms with Crippen molar-refractivity contribution in [2.75, 3.05) is 13.2 Å². The fourth-order valence-corrected chi connectivity index (χ4v) is 2.31. The number of nitrogens with one attached hydrogen (secondary N) is 1. The zero-order valence-corrected chi connectivity index (χ0v) is 12.4. The van der Waals surface area contributed by atoms with E-state index in [1.165, 1.54) is 5.56 Å². The third kappa shape index (κ3) is 4.11. The summed E-state index contributed by atoms with van der Waals surface area (Å²) in [7, 11) is 0. The Morgan fingerprint density at radius 1 is 1.11 bits per heavy atom. The Bertz CT molecular complexity index is 329. The molecule has 0 fully saturated rings. The molecule has 1 aromatic carbocycles. The number of benzene rings is 1. The third-order valence-electron chi connectivity index (χ3n) is 3.09. The predicted octanol–water partition coefficient (Wildman–Crippen LogP) is 3.79. The minimum atomic E-state index is 0.110. The molecule has 0 spiro atoms. The van der Waals surface area contributed by atoms with E-state index in [0.717, 1.165) is 13.2 Å². The molecular weight excluding hydrogens is 222 g/mol. The van der Waals surface area contributed by atoms with Crippen molar-refractivity contribution in [3.05, 3.63) is 35.9 Å². The highest BCUT2D eigenvalue weighted by Crippen LogP contribution is 2.32.